The lowest BCUT2D eigenvalue weighted by atomic mass is 10.1. The maximum atomic E-state index is 11.9. The predicted molar refractivity (Wildman–Crippen MR) is 82.2 cm³/mol. The Labute approximate surface area is 126 Å². The molecule has 108 valence electrons. The molecule has 0 saturated heterocycles. The fraction of sp³-hybridized carbons (Fsp3) is 0.143. The average Bonchev–Trinajstić information content (AvgIpc) is 2.47. The van der Waals surface area contributed by atoms with E-state index in [9.17, 15) is 9.59 Å². The number of amides is 1. The van der Waals surface area contributed by atoms with E-state index in [0.717, 1.165) is 0 Å². The van der Waals surface area contributed by atoms with Crippen LogP contribution < -0.4 is 11.1 Å². The fourth-order valence-corrected chi connectivity index (χ4v) is 2.34. The molecule has 6 nitrogen and oxygen atoms in total. The number of Topliss-reactive ketones (excluding diaryl/α,β-unsaturated/α-hetero) is 1. The molecule has 0 bridgehead atoms. The molecule has 0 aliphatic rings. The molecular weight excluding hydrogens is 288 g/mol. The Morgan fingerprint density at radius 1 is 1.24 bits per heavy atom. The van der Waals surface area contributed by atoms with Crippen LogP contribution in [0.3, 0.4) is 0 Å². The molecule has 1 aromatic carbocycles. The number of thioether (sulfide) groups is 1. The number of aromatic nitrogens is 2. The largest absolute Gasteiger partial charge is 0.381 e. The Balaban J connectivity index is 2.00. The summed E-state index contributed by atoms with van der Waals surface area (Å²) in [5, 5.41) is 3.22. The normalized spacial score (nSPS) is 10.1. The molecule has 21 heavy (non-hydrogen) atoms. The van der Waals surface area contributed by atoms with Crippen LogP contribution in [0.5, 0.6) is 0 Å². The number of nitrogen functional groups attached to an aromatic ring is 1. The zero-order chi connectivity index (χ0) is 15.2. The van der Waals surface area contributed by atoms with E-state index in [0.29, 0.717) is 22.1 Å². The monoisotopic (exact) mass is 302 g/mol. The number of ketones is 1. The number of para-hydroxylation sites is 1. The molecule has 0 unspecified atom stereocenters. The van der Waals surface area contributed by atoms with Crippen molar-refractivity contribution in [1.29, 1.82) is 0 Å². The van der Waals surface area contributed by atoms with Crippen molar-refractivity contribution in [1.82, 2.24) is 9.97 Å². The SMILES string of the molecule is CC(=O)c1ccccc1NC(=O)CSc1nccnc1N. The van der Waals surface area contributed by atoms with Crippen molar-refractivity contribution in [2.45, 2.75) is 11.9 Å². The minimum Gasteiger partial charge on any atom is -0.381 e. The lowest BCUT2D eigenvalue weighted by Gasteiger charge is -2.08. The van der Waals surface area contributed by atoms with Crippen molar-refractivity contribution in [3.63, 3.8) is 0 Å². The summed E-state index contributed by atoms with van der Waals surface area (Å²) in [6.07, 6.45) is 3.00. The van der Waals surface area contributed by atoms with Crippen molar-refractivity contribution in [2.75, 3.05) is 16.8 Å². The number of hydrogen-bond acceptors (Lipinski definition) is 6. The molecule has 2 rings (SSSR count). The maximum Gasteiger partial charge on any atom is 0.234 e. The molecule has 1 aromatic heterocycles. The number of carbonyl (C=O) groups is 2. The smallest absolute Gasteiger partial charge is 0.234 e. The maximum absolute atomic E-state index is 11.9. The van der Waals surface area contributed by atoms with Gasteiger partial charge in [0.2, 0.25) is 5.91 Å². The summed E-state index contributed by atoms with van der Waals surface area (Å²) in [6.45, 7) is 1.46. The summed E-state index contributed by atoms with van der Waals surface area (Å²) in [5.74, 6) is 0.0877. The van der Waals surface area contributed by atoms with Crippen LogP contribution in [0, 0.1) is 0 Å². The lowest BCUT2D eigenvalue weighted by Crippen LogP contribution is -2.16. The third-order valence-electron chi connectivity index (χ3n) is 2.61. The number of rotatable bonds is 5. The van der Waals surface area contributed by atoms with Gasteiger partial charge < -0.3 is 11.1 Å². The van der Waals surface area contributed by atoms with Gasteiger partial charge in [0.15, 0.2) is 11.6 Å². The number of benzene rings is 1. The molecule has 1 amide bonds. The van der Waals surface area contributed by atoms with E-state index >= 15 is 0 Å². The molecule has 0 saturated carbocycles. The van der Waals surface area contributed by atoms with Crippen LogP contribution in [-0.2, 0) is 4.79 Å². The van der Waals surface area contributed by atoms with Crippen molar-refractivity contribution in [3.05, 3.63) is 42.2 Å². The number of nitrogens with zero attached hydrogens (tertiary/aromatic N) is 2. The zero-order valence-corrected chi connectivity index (χ0v) is 12.2. The molecule has 0 aliphatic heterocycles. The first-order valence-corrected chi connectivity index (χ1v) is 7.15. The second-order valence-electron chi connectivity index (χ2n) is 4.19. The summed E-state index contributed by atoms with van der Waals surface area (Å²) in [6, 6.07) is 6.87. The highest BCUT2D eigenvalue weighted by Crippen LogP contribution is 2.21. The third kappa shape index (κ3) is 4.03. The molecular formula is C14H14N4O2S. The fourth-order valence-electron chi connectivity index (χ4n) is 1.67. The molecule has 0 atom stereocenters. The van der Waals surface area contributed by atoms with Crippen LogP contribution in [0.1, 0.15) is 17.3 Å². The highest BCUT2D eigenvalue weighted by molar-refractivity contribution is 8.00. The Morgan fingerprint density at radius 3 is 2.67 bits per heavy atom. The summed E-state index contributed by atoms with van der Waals surface area (Å²) in [7, 11) is 0. The molecule has 3 N–H and O–H groups in total. The quantitative estimate of drug-likeness (QED) is 0.647. The topological polar surface area (TPSA) is 98.0 Å². The van der Waals surface area contributed by atoms with Gasteiger partial charge in [0, 0.05) is 18.0 Å². The number of nitrogens with two attached hydrogens (primary N) is 1. The second-order valence-corrected chi connectivity index (χ2v) is 5.15. The summed E-state index contributed by atoms with van der Waals surface area (Å²) >= 11 is 1.19. The van der Waals surface area contributed by atoms with Gasteiger partial charge in [-0.1, -0.05) is 23.9 Å². The van der Waals surface area contributed by atoms with Gasteiger partial charge >= 0.3 is 0 Å². The molecule has 7 heteroatoms. The van der Waals surface area contributed by atoms with E-state index < -0.39 is 0 Å². The summed E-state index contributed by atoms with van der Waals surface area (Å²) in [5.41, 5.74) is 6.64. The van der Waals surface area contributed by atoms with Crippen LogP contribution in [0.4, 0.5) is 11.5 Å². The van der Waals surface area contributed by atoms with Crippen LogP contribution in [0.25, 0.3) is 0 Å². The molecule has 2 aromatic rings. The van der Waals surface area contributed by atoms with Gasteiger partial charge in [-0.15, -0.1) is 0 Å². The highest BCUT2D eigenvalue weighted by atomic mass is 32.2. The number of nitrogens with one attached hydrogen (secondary N) is 1. The zero-order valence-electron chi connectivity index (χ0n) is 11.4. The minimum atomic E-state index is -0.237. The lowest BCUT2D eigenvalue weighted by molar-refractivity contribution is -0.113. The van der Waals surface area contributed by atoms with Crippen molar-refractivity contribution >= 4 is 35.0 Å². The molecule has 1 heterocycles. The van der Waals surface area contributed by atoms with Crippen molar-refractivity contribution < 1.29 is 9.59 Å². The van der Waals surface area contributed by atoms with E-state index in [1.165, 1.54) is 31.1 Å². The minimum absolute atomic E-state index is 0.100. The van der Waals surface area contributed by atoms with Gasteiger partial charge in [-0.2, -0.15) is 0 Å². The van der Waals surface area contributed by atoms with Gasteiger partial charge in [-0.3, -0.25) is 9.59 Å². The van der Waals surface area contributed by atoms with Crippen LogP contribution in [0.15, 0.2) is 41.7 Å². The van der Waals surface area contributed by atoms with Crippen molar-refractivity contribution in [3.8, 4) is 0 Å². The van der Waals surface area contributed by atoms with Crippen molar-refractivity contribution in [2.24, 2.45) is 0 Å². The van der Waals surface area contributed by atoms with E-state index in [2.05, 4.69) is 15.3 Å². The molecule has 0 spiro atoms. The Kier molecular flexibility index (Phi) is 4.89. The van der Waals surface area contributed by atoms with Gasteiger partial charge in [0.25, 0.3) is 0 Å². The van der Waals surface area contributed by atoms with Gasteiger partial charge in [-0.25, -0.2) is 9.97 Å². The average molecular weight is 302 g/mol. The first kappa shape index (κ1) is 15.0. The van der Waals surface area contributed by atoms with E-state index in [-0.39, 0.29) is 17.4 Å². The number of carbonyl (C=O) groups excluding carboxylic acids is 2. The van der Waals surface area contributed by atoms with Crippen LogP contribution in [-0.4, -0.2) is 27.4 Å². The standard InChI is InChI=1S/C14H14N4O2S/c1-9(19)10-4-2-3-5-11(10)18-12(20)8-21-14-13(15)16-6-7-17-14/h2-7H,8H2,1H3,(H2,15,16)(H,18,20). The summed E-state index contributed by atoms with van der Waals surface area (Å²) < 4.78 is 0. The third-order valence-corrected chi connectivity index (χ3v) is 3.61. The van der Waals surface area contributed by atoms with Gasteiger partial charge in [0.1, 0.15) is 5.03 Å². The highest BCUT2D eigenvalue weighted by Gasteiger charge is 2.11. The Morgan fingerprint density at radius 2 is 1.95 bits per heavy atom. The molecule has 0 aliphatic carbocycles. The second kappa shape index (κ2) is 6.85. The van der Waals surface area contributed by atoms with Gasteiger partial charge in [0.05, 0.1) is 11.4 Å². The Hall–Kier alpha value is -2.41. The predicted octanol–water partition coefficient (Wildman–Crippen LogP) is 1.99. The van der Waals surface area contributed by atoms with E-state index in [4.69, 9.17) is 5.73 Å². The van der Waals surface area contributed by atoms with Crippen LogP contribution >= 0.6 is 11.8 Å². The first-order chi connectivity index (χ1) is 10.1. The summed E-state index contributed by atoms with van der Waals surface area (Å²) in [4.78, 5) is 31.4. The van der Waals surface area contributed by atoms with E-state index in [1.54, 1.807) is 24.3 Å². The molecule has 0 fully saturated rings. The first-order valence-electron chi connectivity index (χ1n) is 6.17. The van der Waals surface area contributed by atoms with E-state index in [1.807, 2.05) is 0 Å². The number of hydrogen-bond donors (Lipinski definition) is 2. The van der Waals surface area contributed by atoms with Gasteiger partial charge in [-0.05, 0) is 19.1 Å². The van der Waals surface area contributed by atoms with Crippen LogP contribution in [0.2, 0.25) is 0 Å². The Bertz CT molecular complexity index is 676. The molecule has 0 radical (unpaired) electrons. The number of anilines is 2.